The van der Waals surface area contributed by atoms with E-state index in [-0.39, 0.29) is 6.10 Å². The first-order chi connectivity index (χ1) is 12.6. The largest absolute Gasteiger partial charge is 0.475 e. The van der Waals surface area contributed by atoms with E-state index < -0.39 is 10.8 Å². The van der Waals surface area contributed by atoms with E-state index in [0.29, 0.717) is 23.9 Å². The van der Waals surface area contributed by atoms with Gasteiger partial charge in [-0.2, -0.15) is 0 Å². The molecule has 2 aliphatic rings. The molecule has 0 saturated carbocycles. The lowest BCUT2D eigenvalue weighted by atomic mass is 10.0. The van der Waals surface area contributed by atoms with Gasteiger partial charge >= 0.3 is 0 Å². The van der Waals surface area contributed by atoms with E-state index >= 15 is 0 Å². The third-order valence-corrected chi connectivity index (χ3v) is 5.78. The molecule has 26 heavy (non-hydrogen) atoms. The fraction of sp³-hybridized carbons (Fsp3) is 0.421. The van der Waals surface area contributed by atoms with Crippen molar-refractivity contribution in [1.82, 2.24) is 9.97 Å². The van der Waals surface area contributed by atoms with Gasteiger partial charge in [0.2, 0.25) is 5.88 Å². The quantitative estimate of drug-likeness (QED) is 0.825. The second-order valence-electron chi connectivity index (χ2n) is 6.75. The van der Waals surface area contributed by atoms with E-state index in [1.165, 1.54) is 0 Å². The molecule has 0 spiro atoms. The summed E-state index contributed by atoms with van der Waals surface area (Å²) in [6.45, 7) is 6.18. The van der Waals surface area contributed by atoms with Crippen LogP contribution < -0.4 is 9.64 Å². The van der Waals surface area contributed by atoms with Gasteiger partial charge in [-0.15, -0.1) is 0 Å². The Kier molecular flexibility index (Phi) is 4.72. The van der Waals surface area contributed by atoms with Crippen LogP contribution in [0.3, 0.4) is 0 Å². The number of aliphatic imine (C=N–C) groups is 1. The number of hydrogen-bond acceptors (Lipinski definition) is 6. The summed E-state index contributed by atoms with van der Waals surface area (Å²) in [6.07, 6.45) is 3.76. The summed E-state index contributed by atoms with van der Waals surface area (Å²) in [5, 5.41) is 0. The van der Waals surface area contributed by atoms with Crippen molar-refractivity contribution < 1.29 is 8.95 Å². The van der Waals surface area contributed by atoms with Gasteiger partial charge < -0.3 is 9.64 Å². The summed E-state index contributed by atoms with van der Waals surface area (Å²) < 4.78 is 17.3. The van der Waals surface area contributed by atoms with E-state index in [0.717, 1.165) is 41.3 Å². The summed E-state index contributed by atoms with van der Waals surface area (Å²) in [6, 6.07) is 6.04. The number of pyridine rings is 2. The minimum atomic E-state index is -0.694. The molecule has 0 aromatic carbocycles. The molecular weight excluding hydrogens is 348 g/mol. The van der Waals surface area contributed by atoms with Crippen LogP contribution in [0.2, 0.25) is 0 Å². The fourth-order valence-electron chi connectivity index (χ4n) is 3.22. The molecule has 4 heterocycles. The molecule has 1 saturated heterocycles. The first kappa shape index (κ1) is 17.1. The van der Waals surface area contributed by atoms with Crippen molar-refractivity contribution in [3.8, 4) is 5.88 Å². The molecule has 136 valence electrons. The fourth-order valence-corrected chi connectivity index (χ4v) is 4.27. The van der Waals surface area contributed by atoms with Crippen molar-refractivity contribution in [2.24, 2.45) is 4.99 Å². The third-order valence-electron chi connectivity index (χ3n) is 4.50. The number of aromatic nitrogens is 2. The Morgan fingerprint density at radius 3 is 2.77 bits per heavy atom. The Balaban J connectivity index is 1.62. The lowest BCUT2D eigenvalue weighted by molar-refractivity contribution is 0.232. The highest BCUT2D eigenvalue weighted by Crippen LogP contribution is 2.27. The maximum absolute atomic E-state index is 11.6. The highest BCUT2D eigenvalue weighted by Gasteiger charge is 2.22. The molecular formula is C19H22N4O2S. The number of rotatable bonds is 4. The van der Waals surface area contributed by atoms with Crippen molar-refractivity contribution in [3.63, 3.8) is 0 Å². The highest BCUT2D eigenvalue weighted by atomic mass is 32.2. The molecule has 6 nitrogen and oxygen atoms in total. The first-order valence-electron chi connectivity index (χ1n) is 8.87. The number of fused-ring (bicyclic) bond motifs is 1. The predicted molar refractivity (Wildman–Crippen MR) is 104 cm³/mol. The van der Waals surface area contributed by atoms with E-state index in [1.54, 1.807) is 0 Å². The molecule has 0 atom stereocenters. The van der Waals surface area contributed by atoms with Crippen LogP contribution in [0, 0.1) is 0 Å². The van der Waals surface area contributed by atoms with Gasteiger partial charge in [0.25, 0.3) is 0 Å². The molecule has 0 unspecified atom stereocenters. The molecule has 2 aromatic heterocycles. The maximum Gasteiger partial charge on any atom is 0.214 e. The van der Waals surface area contributed by atoms with Crippen LogP contribution >= 0.6 is 0 Å². The Labute approximate surface area is 155 Å². The summed E-state index contributed by atoms with van der Waals surface area (Å²) in [5.74, 6) is 2.96. The first-order valence-corrected chi connectivity index (χ1v) is 10.4. The van der Waals surface area contributed by atoms with E-state index in [4.69, 9.17) is 9.73 Å². The molecule has 0 radical (unpaired) electrons. The second-order valence-corrected chi connectivity index (χ2v) is 8.45. The zero-order chi connectivity index (χ0) is 18.1. The summed E-state index contributed by atoms with van der Waals surface area (Å²) >= 11 is 0. The lowest BCUT2D eigenvalue weighted by Gasteiger charge is -2.27. The van der Waals surface area contributed by atoms with Crippen molar-refractivity contribution in [1.29, 1.82) is 0 Å². The van der Waals surface area contributed by atoms with Crippen LogP contribution in [0.25, 0.3) is 0 Å². The zero-order valence-electron chi connectivity index (χ0n) is 15.0. The predicted octanol–water partition coefficient (Wildman–Crippen LogP) is 2.18. The maximum atomic E-state index is 11.6. The van der Waals surface area contributed by atoms with Crippen molar-refractivity contribution in [2.45, 2.75) is 26.5 Å². The van der Waals surface area contributed by atoms with Gasteiger partial charge in [-0.1, -0.05) is 0 Å². The van der Waals surface area contributed by atoms with Crippen molar-refractivity contribution in [3.05, 3.63) is 47.3 Å². The molecule has 2 aliphatic heterocycles. The van der Waals surface area contributed by atoms with Crippen LogP contribution in [0.4, 0.5) is 5.82 Å². The summed E-state index contributed by atoms with van der Waals surface area (Å²) in [5.41, 5.74) is 4.19. The average molecular weight is 370 g/mol. The Morgan fingerprint density at radius 2 is 2.00 bits per heavy atom. The molecule has 0 bridgehead atoms. The Bertz CT molecular complexity index is 872. The summed E-state index contributed by atoms with van der Waals surface area (Å²) in [7, 11) is -0.694. The minimum Gasteiger partial charge on any atom is -0.475 e. The van der Waals surface area contributed by atoms with Crippen LogP contribution in [0.15, 0.2) is 35.6 Å². The van der Waals surface area contributed by atoms with E-state index in [9.17, 15) is 4.21 Å². The van der Waals surface area contributed by atoms with Gasteiger partial charge in [-0.25, -0.2) is 9.97 Å². The van der Waals surface area contributed by atoms with Gasteiger partial charge in [0.15, 0.2) is 0 Å². The van der Waals surface area contributed by atoms with Gasteiger partial charge in [0, 0.05) is 70.5 Å². The summed E-state index contributed by atoms with van der Waals surface area (Å²) in [4.78, 5) is 15.8. The minimum absolute atomic E-state index is 0.0829. The van der Waals surface area contributed by atoms with Crippen LogP contribution in [0.1, 0.15) is 30.5 Å². The Hall–Kier alpha value is -2.28. The van der Waals surface area contributed by atoms with Crippen molar-refractivity contribution >= 4 is 22.3 Å². The SMILES string of the molecule is CC(C)Oc1cc2c(cn1)CN=C2c1ccnc(N2CCS(=O)CC2)c1. The molecule has 4 rings (SSSR count). The standard InChI is InChI=1S/C19H22N4O2S/c1-13(2)25-18-10-16-15(11-21-18)12-22-19(16)14-3-4-20-17(9-14)23-5-7-26(24)8-6-23/h3-4,9-11,13H,5-8,12H2,1-2H3. The van der Waals surface area contributed by atoms with E-state index in [2.05, 4.69) is 20.9 Å². The molecule has 2 aromatic rings. The smallest absolute Gasteiger partial charge is 0.214 e. The second kappa shape index (κ2) is 7.15. The van der Waals surface area contributed by atoms with Gasteiger partial charge in [-0.3, -0.25) is 9.20 Å². The van der Waals surface area contributed by atoms with Crippen LogP contribution in [0.5, 0.6) is 5.88 Å². The number of nitrogens with zero attached hydrogens (tertiary/aromatic N) is 4. The van der Waals surface area contributed by atoms with Crippen molar-refractivity contribution in [2.75, 3.05) is 29.5 Å². The monoisotopic (exact) mass is 370 g/mol. The van der Waals surface area contributed by atoms with Gasteiger partial charge in [0.1, 0.15) is 5.82 Å². The lowest BCUT2D eigenvalue weighted by Crippen LogP contribution is -2.38. The van der Waals surface area contributed by atoms with E-state index in [1.807, 2.05) is 38.4 Å². The molecule has 0 aliphatic carbocycles. The van der Waals surface area contributed by atoms with Gasteiger partial charge in [-0.05, 0) is 26.0 Å². The number of ether oxygens (including phenoxy) is 1. The Morgan fingerprint density at radius 1 is 1.19 bits per heavy atom. The van der Waals surface area contributed by atoms with Gasteiger partial charge in [0.05, 0.1) is 18.4 Å². The number of hydrogen-bond donors (Lipinski definition) is 0. The normalized spacial score (nSPS) is 17.3. The molecule has 0 amide bonds. The molecule has 0 N–H and O–H groups in total. The van der Waals surface area contributed by atoms with Crippen LogP contribution in [-0.2, 0) is 17.3 Å². The topological polar surface area (TPSA) is 67.7 Å². The average Bonchev–Trinajstić information content (AvgIpc) is 3.05. The molecule has 1 fully saturated rings. The zero-order valence-corrected chi connectivity index (χ0v) is 15.8. The van der Waals surface area contributed by atoms with Crippen LogP contribution in [-0.4, -0.2) is 50.6 Å². The highest BCUT2D eigenvalue weighted by molar-refractivity contribution is 7.85. The number of anilines is 1. The third kappa shape index (κ3) is 3.49. The molecule has 7 heteroatoms.